The summed E-state index contributed by atoms with van der Waals surface area (Å²) in [7, 11) is 3.17. The lowest BCUT2D eigenvalue weighted by atomic mass is 10.1. The second kappa shape index (κ2) is 8.53. The average Bonchev–Trinajstić information content (AvgIpc) is 3.01. The Kier molecular flexibility index (Phi) is 5.91. The summed E-state index contributed by atoms with van der Waals surface area (Å²) in [5.41, 5.74) is 1.94. The molecule has 1 atom stereocenters. The maximum absolute atomic E-state index is 12.1. The van der Waals surface area contributed by atoms with Gasteiger partial charge in [0.1, 0.15) is 0 Å². The summed E-state index contributed by atoms with van der Waals surface area (Å²) >= 11 is 1.39. The number of amides is 1. The van der Waals surface area contributed by atoms with Crippen molar-refractivity contribution in [2.75, 3.05) is 14.2 Å². The Morgan fingerprint density at radius 1 is 1.12 bits per heavy atom. The number of carbonyl (C=O) groups excluding carboxylic acids is 1. The molecule has 1 N–H and O–H groups in total. The number of nitrogens with zero attached hydrogens (tertiary/aromatic N) is 2. The van der Waals surface area contributed by atoms with Crippen LogP contribution in [0.25, 0.3) is 0 Å². The number of hydrogen-bond donors (Lipinski definition) is 1. The van der Waals surface area contributed by atoms with Crippen molar-refractivity contribution >= 4 is 29.1 Å². The molecule has 1 amide bonds. The molecular formula is C19H19N3O3S. The molecule has 2 aromatic carbocycles. The van der Waals surface area contributed by atoms with Crippen LogP contribution in [0.2, 0.25) is 0 Å². The molecule has 26 heavy (non-hydrogen) atoms. The maximum Gasteiger partial charge on any atom is 0.239 e. The van der Waals surface area contributed by atoms with Crippen molar-refractivity contribution in [1.29, 1.82) is 0 Å². The summed E-state index contributed by atoms with van der Waals surface area (Å²) in [5, 5.41) is 11.3. The molecule has 1 aliphatic heterocycles. The fourth-order valence-electron chi connectivity index (χ4n) is 2.50. The summed E-state index contributed by atoms with van der Waals surface area (Å²) in [4.78, 5) is 12.1. The number of benzene rings is 2. The van der Waals surface area contributed by atoms with Gasteiger partial charge in [0, 0.05) is 0 Å². The smallest absolute Gasteiger partial charge is 0.239 e. The Bertz CT molecular complexity index is 837. The fourth-order valence-corrected chi connectivity index (χ4v) is 3.46. The predicted octanol–water partition coefficient (Wildman–Crippen LogP) is 2.87. The van der Waals surface area contributed by atoms with Crippen molar-refractivity contribution in [1.82, 2.24) is 5.32 Å². The molecule has 6 nitrogen and oxygen atoms in total. The quantitative estimate of drug-likeness (QED) is 0.628. The van der Waals surface area contributed by atoms with Crippen molar-refractivity contribution < 1.29 is 14.3 Å². The number of thioether (sulfide) groups is 1. The minimum Gasteiger partial charge on any atom is -0.493 e. The summed E-state index contributed by atoms with van der Waals surface area (Å²) in [6.07, 6.45) is 2.27. The Morgan fingerprint density at radius 2 is 1.88 bits per heavy atom. The van der Waals surface area contributed by atoms with Crippen LogP contribution in [0.15, 0.2) is 58.7 Å². The van der Waals surface area contributed by atoms with E-state index in [1.54, 1.807) is 32.6 Å². The molecule has 3 rings (SSSR count). The fraction of sp³-hybridized carbons (Fsp3) is 0.211. The van der Waals surface area contributed by atoms with Gasteiger partial charge >= 0.3 is 0 Å². The Morgan fingerprint density at radius 3 is 2.62 bits per heavy atom. The van der Waals surface area contributed by atoms with Crippen molar-refractivity contribution in [3.05, 3.63) is 59.7 Å². The van der Waals surface area contributed by atoms with Crippen LogP contribution in [0.4, 0.5) is 0 Å². The normalized spacial score (nSPS) is 18.3. The number of ether oxygens (including phenoxy) is 2. The molecule has 0 radical (unpaired) electrons. The lowest BCUT2D eigenvalue weighted by Crippen LogP contribution is -2.25. The first-order chi connectivity index (χ1) is 12.7. The summed E-state index contributed by atoms with van der Waals surface area (Å²) in [6.45, 7) is 0. The zero-order valence-corrected chi connectivity index (χ0v) is 15.3. The first-order valence-corrected chi connectivity index (χ1v) is 8.92. The Hall–Kier alpha value is -2.80. The van der Waals surface area contributed by atoms with Gasteiger partial charge in [0.2, 0.25) is 5.91 Å². The third kappa shape index (κ3) is 4.43. The van der Waals surface area contributed by atoms with E-state index in [-0.39, 0.29) is 11.2 Å². The van der Waals surface area contributed by atoms with Gasteiger partial charge in [-0.15, -0.1) is 5.10 Å². The highest BCUT2D eigenvalue weighted by atomic mass is 32.2. The number of amidine groups is 1. The van der Waals surface area contributed by atoms with Crippen LogP contribution in [0, 0.1) is 0 Å². The minimum absolute atomic E-state index is 0.0427. The topological polar surface area (TPSA) is 72.3 Å². The molecule has 1 aliphatic rings. The van der Waals surface area contributed by atoms with Crippen LogP contribution in [0.3, 0.4) is 0 Å². The molecule has 0 aliphatic carbocycles. The Labute approximate surface area is 156 Å². The summed E-state index contributed by atoms with van der Waals surface area (Å²) in [6, 6.07) is 15.4. The molecule has 134 valence electrons. The Balaban J connectivity index is 1.64. The highest BCUT2D eigenvalue weighted by Crippen LogP contribution is 2.27. The van der Waals surface area contributed by atoms with E-state index in [0.29, 0.717) is 23.1 Å². The van der Waals surface area contributed by atoms with Gasteiger partial charge < -0.3 is 14.8 Å². The zero-order chi connectivity index (χ0) is 18.4. The van der Waals surface area contributed by atoms with Gasteiger partial charge in [-0.3, -0.25) is 4.79 Å². The molecule has 0 spiro atoms. The number of carbonyl (C=O) groups is 1. The van der Waals surface area contributed by atoms with Gasteiger partial charge in [-0.1, -0.05) is 42.1 Å². The summed E-state index contributed by atoms with van der Waals surface area (Å²) in [5.74, 6) is 1.23. The SMILES string of the molecule is COc1ccc(/C=N/N=C2/NC(=O)C(Cc3ccccc3)S2)cc1OC. The van der Waals surface area contributed by atoms with Crippen LogP contribution >= 0.6 is 11.8 Å². The van der Waals surface area contributed by atoms with Crippen molar-refractivity contribution in [3.8, 4) is 11.5 Å². The molecule has 2 aromatic rings. The molecule has 0 bridgehead atoms. The number of hydrogen-bond acceptors (Lipinski definition) is 6. The van der Waals surface area contributed by atoms with E-state index in [2.05, 4.69) is 15.5 Å². The molecular weight excluding hydrogens is 350 g/mol. The number of nitrogens with one attached hydrogen (secondary N) is 1. The molecule has 0 aromatic heterocycles. The zero-order valence-electron chi connectivity index (χ0n) is 14.5. The van der Waals surface area contributed by atoms with Gasteiger partial charge in [0.25, 0.3) is 0 Å². The van der Waals surface area contributed by atoms with E-state index in [1.807, 2.05) is 36.4 Å². The molecule has 1 fully saturated rings. The predicted molar refractivity (Wildman–Crippen MR) is 104 cm³/mol. The second-order valence-corrected chi connectivity index (χ2v) is 6.74. The van der Waals surface area contributed by atoms with Crippen molar-refractivity contribution in [2.45, 2.75) is 11.7 Å². The second-order valence-electron chi connectivity index (χ2n) is 5.55. The monoisotopic (exact) mass is 369 g/mol. The first kappa shape index (κ1) is 18.0. The van der Waals surface area contributed by atoms with Gasteiger partial charge in [-0.25, -0.2) is 0 Å². The van der Waals surface area contributed by atoms with Gasteiger partial charge in [-0.05, 0) is 35.7 Å². The van der Waals surface area contributed by atoms with E-state index in [9.17, 15) is 4.79 Å². The molecule has 7 heteroatoms. The van der Waals surface area contributed by atoms with Gasteiger partial charge in [0.05, 0.1) is 25.7 Å². The number of rotatable bonds is 6. The van der Waals surface area contributed by atoms with Crippen LogP contribution in [-0.4, -0.2) is 36.8 Å². The number of methoxy groups -OCH3 is 2. The van der Waals surface area contributed by atoms with Gasteiger partial charge in [-0.2, -0.15) is 5.10 Å². The third-order valence-electron chi connectivity index (χ3n) is 3.80. The molecule has 1 saturated heterocycles. The van der Waals surface area contributed by atoms with E-state index in [4.69, 9.17) is 9.47 Å². The molecule has 1 heterocycles. The van der Waals surface area contributed by atoms with Gasteiger partial charge in [0.15, 0.2) is 16.7 Å². The van der Waals surface area contributed by atoms with Crippen molar-refractivity contribution in [2.24, 2.45) is 10.2 Å². The third-order valence-corrected chi connectivity index (χ3v) is 4.88. The standard InChI is InChI=1S/C19H19N3O3S/c1-24-15-9-8-14(10-16(15)25-2)12-20-22-19-21-18(23)17(26-19)11-13-6-4-3-5-7-13/h3-10,12,17H,11H2,1-2H3,(H,21,22,23)/b20-12+. The van der Waals surface area contributed by atoms with Crippen LogP contribution < -0.4 is 14.8 Å². The van der Waals surface area contributed by atoms with E-state index < -0.39 is 0 Å². The first-order valence-electron chi connectivity index (χ1n) is 8.04. The van der Waals surface area contributed by atoms with Crippen LogP contribution in [-0.2, 0) is 11.2 Å². The van der Waals surface area contributed by atoms with Crippen molar-refractivity contribution in [3.63, 3.8) is 0 Å². The largest absolute Gasteiger partial charge is 0.493 e. The van der Waals surface area contributed by atoms with E-state index in [1.165, 1.54) is 11.8 Å². The molecule has 1 unspecified atom stereocenters. The molecule has 0 saturated carbocycles. The lowest BCUT2D eigenvalue weighted by molar-refractivity contribution is -0.118. The van der Waals surface area contributed by atoms with E-state index >= 15 is 0 Å². The average molecular weight is 369 g/mol. The summed E-state index contributed by atoms with van der Waals surface area (Å²) < 4.78 is 10.5. The lowest BCUT2D eigenvalue weighted by Gasteiger charge is -2.07. The highest BCUT2D eigenvalue weighted by molar-refractivity contribution is 8.15. The maximum atomic E-state index is 12.1. The highest BCUT2D eigenvalue weighted by Gasteiger charge is 2.30. The van der Waals surface area contributed by atoms with E-state index in [0.717, 1.165) is 11.1 Å². The van der Waals surface area contributed by atoms with Crippen LogP contribution in [0.5, 0.6) is 11.5 Å². The minimum atomic E-state index is -0.188. The van der Waals surface area contributed by atoms with Crippen LogP contribution in [0.1, 0.15) is 11.1 Å².